The Balaban J connectivity index is 3.07. The van der Waals surface area contributed by atoms with Crippen LogP contribution >= 0.6 is 0 Å². The SMILES string of the molecule is CC(C)C(NC(=O)CN)C(=O)NC(Cc1ccccc1)C(=O)NC(C(=O)O)C(C)O. The number of nitrogens with two attached hydrogens (primary N) is 1. The van der Waals surface area contributed by atoms with Gasteiger partial charge < -0.3 is 31.9 Å². The molecule has 4 atom stereocenters. The molecular formula is C20H30N4O6. The number of nitrogens with one attached hydrogen (secondary N) is 3. The van der Waals surface area contributed by atoms with Crippen molar-refractivity contribution >= 4 is 23.7 Å². The molecule has 0 aliphatic rings. The highest BCUT2D eigenvalue weighted by Crippen LogP contribution is 2.07. The van der Waals surface area contributed by atoms with Gasteiger partial charge in [0.15, 0.2) is 6.04 Å². The van der Waals surface area contributed by atoms with E-state index in [-0.39, 0.29) is 18.9 Å². The Morgan fingerprint density at radius 2 is 1.53 bits per heavy atom. The summed E-state index contributed by atoms with van der Waals surface area (Å²) in [6.45, 7) is 4.39. The van der Waals surface area contributed by atoms with Crippen molar-refractivity contribution in [3.63, 3.8) is 0 Å². The van der Waals surface area contributed by atoms with E-state index >= 15 is 0 Å². The van der Waals surface area contributed by atoms with Gasteiger partial charge in [0.05, 0.1) is 12.6 Å². The van der Waals surface area contributed by atoms with Crippen LogP contribution in [0.1, 0.15) is 26.3 Å². The van der Waals surface area contributed by atoms with E-state index in [1.165, 1.54) is 6.92 Å². The molecule has 0 bridgehead atoms. The average molecular weight is 422 g/mol. The number of amides is 3. The second kappa shape index (κ2) is 11.9. The molecule has 0 aromatic heterocycles. The normalized spacial score (nSPS) is 14.9. The molecule has 1 aromatic rings. The van der Waals surface area contributed by atoms with E-state index in [1.54, 1.807) is 44.2 Å². The first-order valence-corrected chi connectivity index (χ1v) is 9.61. The summed E-state index contributed by atoms with van der Waals surface area (Å²) in [6, 6.07) is 5.24. The lowest BCUT2D eigenvalue weighted by Gasteiger charge is -2.26. The third kappa shape index (κ3) is 7.80. The van der Waals surface area contributed by atoms with Gasteiger partial charge in [-0.25, -0.2) is 4.79 Å². The topological polar surface area (TPSA) is 171 Å². The van der Waals surface area contributed by atoms with Crippen molar-refractivity contribution < 1.29 is 29.4 Å². The molecule has 10 heteroatoms. The summed E-state index contributed by atoms with van der Waals surface area (Å²) in [4.78, 5) is 48.5. The zero-order valence-electron chi connectivity index (χ0n) is 17.3. The molecule has 1 aromatic carbocycles. The summed E-state index contributed by atoms with van der Waals surface area (Å²) < 4.78 is 0. The van der Waals surface area contributed by atoms with E-state index in [0.29, 0.717) is 0 Å². The Labute approximate surface area is 175 Å². The molecule has 0 saturated heterocycles. The zero-order chi connectivity index (χ0) is 22.8. The van der Waals surface area contributed by atoms with Crippen LogP contribution in [0.2, 0.25) is 0 Å². The molecule has 0 heterocycles. The van der Waals surface area contributed by atoms with Crippen LogP contribution in [0, 0.1) is 5.92 Å². The summed E-state index contributed by atoms with van der Waals surface area (Å²) in [6.07, 6.45) is -1.26. The molecule has 0 aliphatic carbocycles. The number of carboxylic acid groups (broad SMARTS) is 1. The Kier molecular flexibility index (Phi) is 9.93. The number of aliphatic carboxylic acids is 1. The smallest absolute Gasteiger partial charge is 0.328 e. The minimum absolute atomic E-state index is 0.0835. The fourth-order valence-corrected chi connectivity index (χ4v) is 2.73. The van der Waals surface area contributed by atoms with Crippen molar-refractivity contribution in [1.29, 1.82) is 0 Å². The molecule has 166 valence electrons. The number of rotatable bonds is 11. The molecule has 4 unspecified atom stereocenters. The fraction of sp³-hybridized carbons (Fsp3) is 0.500. The van der Waals surface area contributed by atoms with Crippen LogP contribution < -0.4 is 21.7 Å². The maximum Gasteiger partial charge on any atom is 0.328 e. The monoisotopic (exact) mass is 422 g/mol. The third-order valence-corrected chi connectivity index (χ3v) is 4.41. The van der Waals surface area contributed by atoms with Gasteiger partial charge in [-0.15, -0.1) is 0 Å². The van der Waals surface area contributed by atoms with Crippen LogP contribution in [0.25, 0.3) is 0 Å². The van der Waals surface area contributed by atoms with Gasteiger partial charge in [-0.05, 0) is 18.4 Å². The highest BCUT2D eigenvalue weighted by atomic mass is 16.4. The molecular weight excluding hydrogens is 392 g/mol. The first-order valence-electron chi connectivity index (χ1n) is 9.61. The fourth-order valence-electron chi connectivity index (χ4n) is 2.73. The Bertz CT molecular complexity index is 738. The molecule has 10 nitrogen and oxygen atoms in total. The van der Waals surface area contributed by atoms with Gasteiger partial charge in [-0.2, -0.15) is 0 Å². The van der Waals surface area contributed by atoms with Crippen LogP contribution in [-0.4, -0.2) is 64.7 Å². The van der Waals surface area contributed by atoms with Crippen molar-refractivity contribution in [2.45, 2.75) is 51.4 Å². The largest absolute Gasteiger partial charge is 0.480 e. The van der Waals surface area contributed by atoms with Crippen molar-refractivity contribution in [1.82, 2.24) is 16.0 Å². The van der Waals surface area contributed by atoms with Gasteiger partial charge in [-0.1, -0.05) is 44.2 Å². The molecule has 0 saturated carbocycles. The molecule has 30 heavy (non-hydrogen) atoms. The Morgan fingerprint density at radius 3 is 2.00 bits per heavy atom. The Morgan fingerprint density at radius 1 is 0.933 bits per heavy atom. The number of aliphatic hydroxyl groups is 1. The van der Waals surface area contributed by atoms with Crippen molar-refractivity contribution in [2.24, 2.45) is 11.7 Å². The minimum Gasteiger partial charge on any atom is -0.480 e. The maximum absolute atomic E-state index is 12.8. The van der Waals surface area contributed by atoms with Crippen molar-refractivity contribution in [3.8, 4) is 0 Å². The van der Waals surface area contributed by atoms with E-state index < -0.39 is 47.9 Å². The predicted molar refractivity (Wildman–Crippen MR) is 109 cm³/mol. The van der Waals surface area contributed by atoms with Gasteiger partial charge in [0.1, 0.15) is 12.1 Å². The molecule has 0 radical (unpaired) electrons. The number of hydrogen-bond donors (Lipinski definition) is 6. The van der Waals surface area contributed by atoms with E-state index in [9.17, 15) is 29.4 Å². The molecule has 7 N–H and O–H groups in total. The molecule has 0 spiro atoms. The highest BCUT2D eigenvalue weighted by molar-refractivity contribution is 5.94. The van der Waals surface area contributed by atoms with Gasteiger partial charge >= 0.3 is 5.97 Å². The standard InChI is InChI=1S/C20H30N4O6/c1-11(2)16(23-15(26)10-21)19(28)22-14(9-13-7-5-4-6-8-13)18(27)24-17(12(3)25)20(29)30/h4-8,11-12,14,16-17,25H,9-10,21H2,1-3H3,(H,22,28)(H,23,26)(H,24,27)(H,29,30). The van der Waals surface area contributed by atoms with Gasteiger partial charge in [0.2, 0.25) is 17.7 Å². The summed E-state index contributed by atoms with van der Waals surface area (Å²) >= 11 is 0. The van der Waals surface area contributed by atoms with Crippen molar-refractivity contribution in [3.05, 3.63) is 35.9 Å². The summed E-state index contributed by atoms with van der Waals surface area (Å²) in [5, 5.41) is 26.2. The Hall–Kier alpha value is -2.98. The zero-order valence-corrected chi connectivity index (χ0v) is 17.3. The van der Waals surface area contributed by atoms with E-state index in [0.717, 1.165) is 5.56 Å². The second-order valence-electron chi connectivity index (χ2n) is 7.31. The number of carbonyl (C=O) groups is 4. The number of carbonyl (C=O) groups excluding carboxylic acids is 3. The lowest BCUT2D eigenvalue weighted by Crippen LogP contribution is -2.59. The van der Waals surface area contributed by atoms with Crippen LogP contribution in [-0.2, 0) is 25.6 Å². The van der Waals surface area contributed by atoms with Crippen LogP contribution in [0.15, 0.2) is 30.3 Å². The first kappa shape index (κ1) is 25.1. The maximum atomic E-state index is 12.8. The van der Waals surface area contributed by atoms with Gasteiger partial charge in [-0.3, -0.25) is 14.4 Å². The first-order chi connectivity index (χ1) is 14.1. The quantitative estimate of drug-likeness (QED) is 0.259. The summed E-state index contributed by atoms with van der Waals surface area (Å²) in [5.41, 5.74) is 6.03. The molecule has 3 amide bonds. The lowest BCUT2D eigenvalue weighted by molar-refractivity contribution is -0.145. The second-order valence-corrected chi connectivity index (χ2v) is 7.31. The lowest BCUT2D eigenvalue weighted by atomic mass is 10.0. The van der Waals surface area contributed by atoms with Gasteiger partial charge in [0.25, 0.3) is 0 Å². The number of aliphatic hydroxyl groups excluding tert-OH is 1. The van der Waals surface area contributed by atoms with Crippen LogP contribution in [0.5, 0.6) is 0 Å². The van der Waals surface area contributed by atoms with Crippen molar-refractivity contribution in [2.75, 3.05) is 6.54 Å². The summed E-state index contributed by atoms with van der Waals surface area (Å²) in [7, 11) is 0. The molecule has 0 fully saturated rings. The number of hydrogen-bond acceptors (Lipinski definition) is 6. The van der Waals surface area contributed by atoms with E-state index in [2.05, 4.69) is 16.0 Å². The molecule has 0 aliphatic heterocycles. The molecule has 1 rings (SSSR count). The average Bonchev–Trinajstić information content (AvgIpc) is 2.69. The predicted octanol–water partition coefficient (Wildman–Crippen LogP) is -1.24. The minimum atomic E-state index is -1.54. The highest BCUT2D eigenvalue weighted by Gasteiger charge is 2.32. The van der Waals surface area contributed by atoms with E-state index in [4.69, 9.17) is 5.73 Å². The summed E-state index contributed by atoms with van der Waals surface area (Å²) in [5.74, 6) is -3.59. The third-order valence-electron chi connectivity index (χ3n) is 4.41. The number of carboxylic acids is 1. The van der Waals surface area contributed by atoms with Crippen LogP contribution in [0.3, 0.4) is 0 Å². The van der Waals surface area contributed by atoms with Crippen LogP contribution in [0.4, 0.5) is 0 Å². The number of benzene rings is 1. The van der Waals surface area contributed by atoms with Gasteiger partial charge in [0, 0.05) is 6.42 Å². The van der Waals surface area contributed by atoms with E-state index in [1.807, 2.05) is 0 Å².